The molecule has 0 N–H and O–H groups in total. The van der Waals surface area contributed by atoms with Crippen molar-refractivity contribution < 1.29 is 0 Å². The van der Waals surface area contributed by atoms with E-state index in [4.69, 9.17) is 5.10 Å². The number of benzene rings is 3. The number of nitrogens with zero attached hydrogens (tertiary/aromatic N) is 3. The Labute approximate surface area is 159 Å². The molecule has 0 aliphatic carbocycles. The van der Waals surface area contributed by atoms with Crippen molar-refractivity contribution in [2.24, 2.45) is 5.10 Å². The lowest BCUT2D eigenvalue weighted by Crippen LogP contribution is -2.31. The molecule has 0 aromatic heterocycles. The number of para-hydroxylation sites is 2. The van der Waals surface area contributed by atoms with Crippen molar-refractivity contribution in [2.45, 2.75) is 0 Å². The molecule has 4 heteroatoms. The quantitative estimate of drug-likeness (QED) is 0.551. The summed E-state index contributed by atoms with van der Waals surface area (Å²) in [6.45, 7) is 0.707. The van der Waals surface area contributed by atoms with Crippen molar-refractivity contribution in [1.82, 2.24) is 0 Å². The van der Waals surface area contributed by atoms with Crippen LogP contribution in [0, 0.1) is 0 Å². The molecular weight excluding hydrogens is 409 g/mol. The summed E-state index contributed by atoms with van der Waals surface area (Å²) < 4.78 is 0. The predicted octanol–water partition coefficient (Wildman–Crippen LogP) is 4.95. The Hall–Kier alpha value is -2.34. The Kier molecular flexibility index (Phi) is 5.15. The smallest absolute Gasteiger partial charge is 0.162 e. The molecule has 1 heterocycles. The van der Waals surface area contributed by atoms with Gasteiger partial charge in [0, 0.05) is 11.3 Å². The van der Waals surface area contributed by atoms with E-state index < -0.39 is 0 Å². The van der Waals surface area contributed by atoms with Crippen molar-refractivity contribution in [2.75, 3.05) is 16.6 Å². The summed E-state index contributed by atoms with van der Waals surface area (Å²) in [6.07, 6.45) is 0. The second-order valence-corrected chi connectivity index (χ2v) is 5.43. The standard InChI is InChI=1S/C20H17N3.HI/c1-4-10-17(11-5-1)20-21-23(19-14-8-3-9-15-19)16-22(20)18-12-6-2-7-13-18;/h1-15H,16H2;1H. The van der Waals surface area contributed by atoms with E-state index in [0.29, 0.717) is 6.67 Å². The number of hydrogen-bond donors (Lipinski definition) is 0. The van der Waals surface area contributed by atoms with Gasteiger partial charge in [-0.2, -0.15) is 5.10 Å². The van der Waals surface area contributed by atoms with E-state index in [1.165, 1.54) is 0 Å². The first-order valence-corrected chi connectivity index (χ1v) is 7.71. The molecule has 3 nitrogen and oxygen atoms in total. The fourth-order valence-electron chi connectivity index (χ4n) is 2.75. The molecule has 24 heavy (non-hydrogen) atoms. The van der Waals surface area contributed by atoms with Gasteiger partial charge in [-0.05, 0) is 24.3 Å². The van der Waals surface area contributed by atoms with Gasteiger partial charge in [-0.25, -0.2) is 5.01 Å². The van der Waals surface area contributed by atoms with E-state index in [-0.39, 0.29) is 24.0 Å². The van der Waals surface area contributed by atoms with Crippen LogP contribution < -0.4 is 9.91 Å². The Balaban J connectivity index is 0.00000169. The first-order chi connectivity index (χ1) is 11.4. The van der Waals surface area contributed by atoms with Crippen LogP contribution in [0.2, 0.25) is 0 Å². The third-order valence-corrected chi connectivity index (χ3v) is 3.90. The number of hydrazone groups is 1. The molecule has 0 saturated carbocycles. The summed E-state index contributed by atoms with van der Waals surface area (Å²) in [5, 5.41) is 6.90. The summed E-state index contributed by atoms with van der Waals surface area (Å²) in [5.41, 5.74) is 3.36. The van der Waals surface area contributed by atoms with Crippen LogP contribution in [-0.4, -0.2) is 12.5 Å². The van der Waals surface area contributed by atoms with E-state index in [0.717, 1.165) is 22.8 Å². The minimum absolute atomic E-state index is 0. The largest absolute Gasteiger partial charge is 0.304 e. The zero-order chi connectivity index (χ0) is 15.5. The minimum Gasteiger partial charge on any atom is -0.304 e. The van der Waals surface area contributed by atoms with Crippen molar-refractivity contribution in [3.63, 3.8) is 0 Å². The first kappa shape index (κ1) is 16.5. The van der Waals surface area contributed by atoms with Crippen LogP contribution in [0.1, 0.15) is 5.56 Å². The average molecular weight is 427 g/mol. The highest BCUT2D eigenvalue weighted by atomic mass is 127. The van der Waals surface area contributed by atoms with E-state index in [9.17, 15) is 0 Å². The first-order valence-electron chi connectivity index (χ1n) is 7.71. The van der Waals surface area contributed by atoms with Crippen LogP contribution in [-0.2, 0) is 0 Å². The van der Waals surface area contributed by atoms with E-state index in [2.05, 4.69) is 53.4 Å². The van der Waals surface area contributed by atoms with Gasteiger partial charge >= 0.3 is 0 Å². The van der Waals surface area contributed by atoms with Gasteiger partial charge in [0.15, 0.2) is 5.84 Å². The van der Waals surface area contributed by atoms with Crippen LogP contribution >= 0.6 is 24.0 Å². The van der Waals surface area contributed by atoms with E-state index in [1.807, 2.05) is 47.5 Å². The lowest BCUT2D eigenvalue weighted by Gasteiger charge is -2.21. The molecule has 0 fully saturated rings. The second-order valence-electron chi connectivity index (χ2n) is 5.43. The zero-order valence-corrected chi connectivity index (χ0v) is 15.4. The third kappa shape index (κ3) is 3.28. The van der Waals surface area contributed by atoms with Gasteiger partial charge in [-0.1, -0.05) is 66.7 Å². The van der Waals surface area contributed by atoms with Crippen molar-refractivity contribution in [3.05, 3.63) is 96.6 Å². The number of amidine groups is 1. The van der Waals surface area contributed by atoms with Crippen LogP contribution in [0.4, 0.5) is 11.4 Å². The van der Waals surface area contributed by atoms with Gasteiger partial charge in [0.2, 0.25) is 0 Å². The lowest BCUT2D eigenvalue weighted by atomic mass is 10.2. The molecule has 0 amide bonds. The van der Waals surface area contributed by atoms with Crippen LogP contribution in [0.3, 0.4) is 0 Å². The number of anilines is 2. The maximum Gasteiger partial charge on any atom is 0.162 e. The molecule has 1 aliphatic heterocycles. The van der Waals surface area contributed by atoms with Gasteiger partial charge in [-0.15, -0.1) is 24.0 Å². The predicted molar refractivity (Wildman–Crippen MR) is 111 cm³/mol. The van der Waals surface area contributed by atoms with Crippen molar-refractivity contribution in [3.8, 4) is 0 Å². The Morgan fingerprint density at radius 1 is 0.625 bits per heavy atom. The lowest BCUT2D eigenvalue weighted by molar-refractivity contribution is 0.912. The van der Waals surface area contributed by atoms with Gasteiger partial charge in [-0.3, -0.25) is 0 Å². The topological polar surface area (TPSA) is 18.8 Å². The molecule has 1 aliphatic rings. The Morgan fingerprint density at radius 3 is 1.71 bits per heavy atom. The molecule has 3 aromatic rings. The van der Waals surface area contributed by atoms with Gasteiger partial charge in [0.05, 0.1) is 5.69 Å². The summed E-state index contributed by atoms with van der Waals surface area (Å²) in [7, 11) is 0. The second kappa shape index (κ2) is 7.49. The highest BCUT2D eigenvalue weighted by Gasteiger charge is 2.26. The average Bonchev–Trinajstić information content (AvgIpc) is 3.09. The zero-order valence-electron chi connectivity index (χ0n) is 13.1. The van der Waals surface area contributed by atoms with Crippen LogP contribution in [0.25, 0.3) is 0 Å². The van der Waals surface area contributed by atoms with Crippen molar-refractivity contribution in [1.29, 1.82) is 0 Å². The molecule has 3 aromatic carbocycles. The molecule has 0 unspecified atom stereocenters. The molecule has 0 atom stereocenters. The van der Waals surface area contributed by atoms with Crippen molar-refractivity contribution >= 4 is 41.2 Å². The summed E-state index contributed by atoms with van der Waals surface area (Å²) in [4.78, 5) is 2.24. The van der Waals surface area contributed by atoms with E-state index in [1.54, 1.807) is 0 Å². The van der Waals surface area contributed by atoms with Crippen LogP contribution in [0.15, 0.2) is 96.1 Å². The molecule has 0 saturated heterocycles. The molecule has 120 valence electrons. The Morgan fingerprint density at radius 2 is 1.12 bits per heavy atom. The van der Waals surface area contributed by atoms with E-state index >= 15 is 0 Å². The highest BCUT2D eigenvalue weighted by Crippen LogP contribution is 2.26. The normalized spacial score (nSPS) is 13.4. The molecule has 4 rings (SSSR count). The van der Waals surface area contributed by atoms with Gasteiger partial charge in [0.1, 0.15) is 6.67 Å². The maximum atomic E-state index is 4.86. The summed E-state index contributed by atoms with van der Waals surface area (Å²) >= 11 is 0. The monoisotopic (exact) mass is 427 g/mol. The highest BCUT2D eigenvalue weighted by molar-refractivity contribution is 14.0. The fourth-order valence-corrected chi connectivity index (χ4v) is 2.75. The maximum absolute atomic E-state index is 4.86. The number of rotatable bonds is 3. The van der Waals surface area contributed by atoms with Crippen LogP contribution in [0.5, 0.6) is 0 Å². The molecule has 0 bridgehead atoms. The van der Waals surface area contributed by atoms with Gasteiger partial charge < -0.3 is 4.90 Å². The molecule has 0 radical (unpaired) electrons. The SMILES string of the molecule is I.c1ccc(C2=NN(c3ccccc3)CN2c2ccccc2)cc1. The fraction of sp³-hybridized carbons (Fsp3) is 0.0500. The number of halogens is 1. The minimum atomic E-state index is 0. The third-order valence-electron chi connectivity index (χ3n) is 3.90. The Bertz CT molecular complexity index is 804. The number of hydrogen-bond acceptors (Lipinski definition) is 3. The summed E-state index contributed by atoms with van der Waals surface area (Å²) in [6, 6.07) is 31.0. The molecular formula is C20H18IN3. The summed E-state index contributed by atoms with van der Waals surface area (Å²) in [5.74, 6) is 0.973. The van der Waals surface area contributed by atoms with Gasteiger partial charge in [0.25, 0.3) is 0 Å². The molecule has 0 spiro atoms.